The number of amides is 1. The summed E-state index contributed by atoms with van der Waals surface area (Å²) in [5.74, 6) is 0.871. The van der Waals surface area contributed by atoms with Gasteiger partial charge >= 0.3 is 0 Å². The van der Waals surface area contributed by atoms with Crippen molar-refractivity contribution in [1.82, 2.24) is 24.9 Å². The third kappa shape index (κ3) is 4.91. The van der Waals surface area contributed by atoms with E-state index in [0.29, 0.717) is 5.92 Å². The average Bonchev–Trinajstić information content (AvgIpc) is 3.27. The molecule has 1 aromatic heterocycles. The molecule has 1 unspecified atom stereocenters. The predicted molar refractivity (Wildman–Crippen MR) is 109 cm³/mol. The Balaban J connectivity index is 0.00000169. The summed E-state index contributed by atoms with van der Waals surface area (Å²) in [4.78, 5) is 17.9. The fourth-order valence-electron chi connectivity index (χ4n) is 4.28. The molecule has 2 aliphatic rings. The molecule has 3 heterocycles. The summed E-state index contributed by atoms with van der Waals surface area (Å²) in [6, 6.07) is 1.92. The molecular weight excluding hydrogens is 373 g/mol. The standard InChI is InChI=1S/C18H31N5O.2ClH/c1-3-11-21(2)14-16-5-13-22(15-16)17(24)18(6-9-19-10-7-18)23-12-4-8-20-23;;/h4,8,12,16,19H,3,5-7,9-11,13-15H2,1-2H3;2*1H. The first-order valence-electron chi connectivity index (χ1n) is 9.34. The third-order valence-electron chi connectivity index (χ3n) is 5.52. The van der Waals surface area contributed by atoms with E-state index in [-0.39, 0.29) is 30.7 Å². The van der Waals surface area contributed by atoms with Gasteiger partial charge in [-0.05, 0) is 64.3 Å². The Morgan fingerprint density at radius 3 is 2.69 bits per heavy atom. The van der Waals surface area contributed by atoms with Crippen LogP contribution < -0.4 is 5.32 Å². The highest BCUT2D eigenvalue weighted by atomic mass is 35.5. The Kier molecular flexibility index (Phi) is 9.38. The van der Waals surface area contributed by atoms with Crippen LogP contribution in [-0.4, -0.2) is 71.8 Å². The SMILES string of the molecule is CCCN(C)CC1CCN(C(=O)C2(n3cccn3)CCNCC2)C1.Cl.Cl. The Hall–Kier alpha value is -0.820. The largest absolute Gasteiger partial charge is 0.340 e. The molecule has 2 aliphatic heterocycles. The molecular formula is C18H33Cl2N5O. The van der Waals surface area contributed by atoms with Gasteiger partial charge in [0.15, 0.2) is 0 Å². The molecule has 0 bridgehead atoms. The van der Waals surface area contributed by atoms with Crippen LogP contribution in [0.1, 0.15) is 32.6 Å². The van der Waals surface area contributed by atoms with Gasteiger partial charge in [-0.1, -0.05) is 6.92 Å². The van der Waals surface area contributed by atoms with Crippen molar-refractivity contribution < 1.29 is 4.79 Å². The third-order valence-corrected chi connectivity index (χ3v) is 5.52. The molecule has 1 amide bonds. The number of aromatic nitrogens is 2. The van der Waals surface area contributed by atoms with Crippen LogP contribution in [0.2, 0.25) is 0 Å². The zero-order valence-electron chi connectivity index (χ0n) is 15.9. The Labute approximate surface area is 169 Å². The van der Waals surface area contributed by atoms with Crippen LogP contribution in [0.5, 0.6) is 0 Å². The summed E-state index contributed by atoms with van der Waals surface area (Å²) in [5, 5.41) is 7.81. The van der Waals surface area contributed by atoms with E-state index in [4.69, 9.17) is 0 Å². The Morgan fingerprint density at radius 1 is 1.35 bits per heavy atom. The van der Waals surface area contributed by atoms with E-state index >= 15 is 0 Å². The van der Waals surface area contributed by atoms with Gasteiger partial charge in [-0.2, -0.15) is 5.10 Å². The minimum Gasteiger partial charge on any atom is -0.340 e. The van der Waals surface area contributed by atoms with E-state index in [1.807, 2.05) is 16.9 Å². The molecule has 0 spiro atoms. The monoisotopic (exact) mass is 405 g/mol. The highest BCUT2D eigenvalue weighted by Crippen LogP contribution is 2.31. The zero-order chi connectivity index (χ0) is 17.0. The number of carbonyl (C=O) groups excluding carboxylic acids is 1. The van der Waals surface area contributed by atoms with Crippen molar-refractivity contribution in [2.24, 2.45) is 5.92 Å². The highest BCUT2D eigenvalue weighted by Gasteiger charge is 2.45. The number of rotatable bonds is 6. The number of likely N-dealkylation sites (tertiary alicyclic amines) is 1. The van der Waals surface area contributed by atoms with E-state index < -0.39 is 5.54 Å². The second kappa shape index (κ2) is 10.5. The lowest BCUT2D eigenvalue weighted by Gasteiger charge is -2.39. The molecule has 0 radical (unpaired) electrons. The maximum Gasteiger partial charge on any atom is 0.250 e. The van der Waals surface area contributed by atoms with Crippen molar-refractivity contribution >= 4 is 30.7 Å². The summed E-state index contributed by atoms with van der Waals surface area (Å²) in [5.41, 5.74) is -0.487. The van der Waals surface area contributed by atoms with Crippen LogP contribution in [0, 0.1) is 5.92 Å². The quantitative estimate of drug-likeness (QED) is 0.785. The number of nitrogens with one attached hydrogen (secondary N) is 1. The fourth-order valence-corrected chi connectivity index (χ4v) is 4.28. The van der Waals surface area contributed by atoms with Crippen LogP contribution in [0.3, 0.4) is 0 Å². The van der Waals surface area contributed by atoms with E-state index in [2.05, 4.69) is 34.2 Å². The summed E-state index contributed by atoms with van der Waals surface area (Å²) < 4.78 is 1.91. The summed E-state index contributed by atoms with van der Waals surface area (Å²) in [6.07, 6.45) is 7.68. The Morgan fingerprint density at radius 2 is 2.08 bits per heavy atom. The number of hydrogen-bond donors (Lipinski definition) is 1. The number of nitrogens with zero attached hydrogens (tertiary/aromatic N) is 4. The van der Waals surface area contributed by atoms with Gasteiger partial charge < -0.3 is 15.1 Å². The second-order valence-electron chi connectivity index (χ2n) is 7.40. The molecule has 1 N–H and O–H groups in total. The van der Waals surface area contributed by atoms with Crippen LogP contribution in [0.25, 0.3) is 0 Å². The summed E-state index contributed by atoms with van der Waals surface area (Å²) in [7, 11) is 2.19. The maximum atomic E-state index is 13.4. The van der Waals surface area contributed by atoms with E-state index in [9.17, 15) is 4.79 Å². The lowest BCUT2D eigenvalue weighted by atomic mass is 9.87. The van der Waals surface area contributed by atoms with E-state index in [0.717, 1.165) is 58.5 Å². The molecule has 0 aliphatic carbocycles. The Bertz CT molecular complexity index is 534. The number of hydrogen-bond acceptors (Lipinski definition) is 4. The smallest absolute Gasteiger partial charge is 0.250 e. The molecule has 2 saturated heterocycles. The fraction of sp³-hybridized carbons (Fsp3) is 0.778. The first kappa shape index (κ1) is 23.2. The van der Waals surface area contributed by atoms with Crippen molar-refractivity contribution in [3.63, 3.8) is 0 Å². The number of halogens is 2. The van der Waals surface area contributed by atoms with Gasteiger partial charge in [0.2, 0.25) is 0 Å². The number of carbonyl (C=O) groups is 1. The normalized spacial score (nSPS) is 22.0. The lowest BCUT2D eigenvalue weighted by molar-refractivity contribution is -0.142. The molecule has 1 aromatic rings. The molecule has 26 heavy (non-hydrogen) atoms. The van der Waals surface area contributed by atoms with Crippen molar-refractivity contribution in [1.29, 1.82) is 0 Å². The summed E-state index contributed by atoms with van der Waals surface area (Å²) in [6.45, 7) is 7.97. The zero-order valence-corrected chi connectivity index (χ0v) is 17.5. The first-order valence-corrected chi connectivity index (χ1v) is 9.34. The van der Waals surface area contributed by atoms with Crippen LogP contribution >= 0.6 is 24.8 Å². The van der Waals surface area contributed by atoms with Crippen molar-refractivity contribution in [2.75, 3.05) is 46.3 Å². The first-order chi connectivity index (χ1) is 11.7. The number of piperidine rings is 1. The van der Waals surface area contributed by atoms with Gasteiger partial charge in [0.1, 0.15) is 5.54 Å². The van der Waals surface area contributed by atoms with Crippen LogP contribution in [0.4, 0.5) is 0 Å². The predicted octanol–water partition coefficient (Wildman–Crippen LogP) is 2.00. The molecule has 8 heteroatoms. The molecule has 150 valence electrons. The van der Waals surface area contributed by atoms with Gasteiger partial charge in [-0.3, -0.25) is 9.48 Å². The minimum atomic E-state index is -0.487. The molecule has 2 fully saturated rings. The molecule has 3 rings (SSSR count). The van der Waals surface area contributed by atoms with Gasteiger partial charge in [-0.15, -0.1) is 24.8 Å². The van der Waals surface area contributed by atoms with Gasteiger partial charge in [0, 0.05) is 32.0 Å². The molecule has 6 nitrogen and oxygen atoms in total. The topological polar surface area (TPSA) is 53.4 Å². The van der Waals surface area contributed by atoms with E-state index in [1.54, 1.807) is 6.20 Å². The second-order valence-corrected chi connectivity index (χ2v) is 7.40. The maximum absolute atomic E-state index is 13.4. The van der Waals surface area contributed by atoms with Crippen molar-refractivity contribution in [2.45, 2.75) is 38.1 Å². The van der Waals surface area contributed by atoms with Crippen LogP contribution in [0.15, 0.2) is 18.5 Å². The average molecular weight is 406 g/mol. The lowest BCUT2D eigenvalue weighted by Crippen LogP contribution is -2.55. The molecule has 0 saturated carbocycles. The minimum absolute atomic E-state index is 0. The van der Waals surface area contributed by atoms with Gasteiger partial charge in [-0.25, -0.2) is 0 Å². The molecule has 1 atom stereocenters. The van der Waals surface area contributed by atoms with Crippen molar-refractivity contribution in [3.8, 4) is 0 Å². The van der Waals surface area contributed by atoms with Crippen molar-refractivity contribution in [3.05, 3.63) is 18.5 Å². The van der Waals surface area contributed by atoms with Crippen LogP contribution in [-0.2, 0) is 10.3 Å². The van der Waals surface area contributed by atoms with Gasteiger partial charge in [0.05, 0.1) is 0 Å². The highest BCUT2D eigenvalue weighted by molar-refractivity contribution is 5.86. The summed E-state index contributed by atoms with van der Waals surface area (Å²) >= 11 is 0. The van der Waals surface area contributed by atoms with Gasteiger partial charge in [0.25, 0.3) is 5.91 Å². The van der Waals surface area contributed by atoms with E-state index in [1.165, 1.54) is 6.42 Å². The molecule has 0 aromatic carbocycles.